The molecule has 1 heterocycles. The van der Waals surface area contributed by atoms with Crippen LogP contribution in [0.15, 0.2) is 30.3 Å². The van der Waals surface area contributed by atoms with Gasteiger partial charge in [0.15, 0.2) is 0 Å². The first-order valence-corrected chi connectivity index (χ1v) is 7.79. The Morgan fingerprint density at radius 2 is 2.05 bits per heavy atom. The molecule has 1 aliphatic rings. The summed E-state index contributed by atoms with van der Waals surface area (Å²) in [6.45, 7) is 8.53. The summed E-state index contributed by atoms with van der Waals surface area (Å²) < 4.78 is 5.36. The molecule has 1 atom stereocenters. The summed E-state index contributed by atoms with van der Waals surface area (Å²) in [6.07, 6.45) is 0.453. The Hall–Kier alpha value is -1.59. The number of likely N-dealkylation sites (tertiary alicyclic amines) is 1. The van der Waals surface area contributed by atoms with Crippen molar-refractivity contribution in [2.45, 2.75) is 44.9 Å². The molecule has 0 radical (unpaired) electrons. The van der Waals surface area contributed by atoms with Crippen molar-refractivity contribution in [3.05, 3.63) is 35.9 Å². The molecule has 0 saturated carbocycles. The molecule has 1 saturated heterocycles. The van der Waals surface area contributed by atoms with E-state index >= 15 is 0 Å². The predicted molar refractivity (Wildman–Crippen MR) is 87.5 cm³/mol. The van der Waals surface area contributed by atoms with Crippen molar-refractivity contribution < 1.29 is 9.53 Å². The first-order valence-electron chi connectivity index (χ1n) is 7.79. The Morgan fingerprint density at radius 3 is 2.64 bits per heavy atom. The molecule has 1 aliphatic heterocycles. The van der Waals surface area contributed by atoms with Crippen LogP contribution in [-0.2, 0) is 11.3 Å². The van der Waals surface area contributed by atoms with Gasteiger partial charge in [-0.05, 0) is 32.8 Å². The second kappa shape index (κ2) is 6.67. The summed E-state index contributed by atoms with van der Waals surface area (Å²) in [5, 5.41) is 2.99. The van der Waals surface area contributed by atoms with Gasteiger partial charge in [0.1, 0.15) is 5.60 Å². The topological polar surface area (TPSA) is 67.6 Å². The summed E-state index contributed by atoms with van der Waals surface area (Å²) in [5.41, 5.74) is 6.32. The highest BCUT2D eigenvalue weighted by Gasteiger charge is 2.39. The zero-order valence-electron chi connectivity index (χ0n) is 13.8. The van der Waals surface area contributed by atoms with Gasteiger partial charge in [-0.15, -0.1) is 0 Å². The molecule has 5 heteroatoms. The van der Waals surface area contributed by atoms with E-state index in [1.165, 1.54) is 5.56 Å². The highest BCUT2D eigenvalue weighted by atomic mass is 16.6. The number of amides is 1. The number of ether oxygens (including phenoxy) is 1. The van der Waals surface area contributed by atoms with Crippen molar-refractivity contribution >= 4 is 6.09 Å². The van der Waals surface area contributed by atoms with E-state index in [1.54, 1.807) is 0 Å². The van der Waals surface area contributed by atoms with Gasteiger partial charge in [0.2, 0.25) is 0 Å². The van der Waals surface area contributed by atoms with E-state index in [4.69, 9.17) is 10.5 Å². The van der Waals surface area contributed by atoms with Crippen LogP contribution >= 0.6 is 0 Å². The third-order valence-corrected chi connectivity index (χ3v) is 3.84. The molecule has 1 aromatic rings. The average molecular weight is 305 g/mol. The molecule has 122 valence electrons. The lowest BCUT2D eigenvalue weighted by molar-refractivity contribution is 0.0461. The summed E-state index contributed by atoms with van der Waals surface area (Å²) in [6, 6.07) is 10.3. The molecule has 0 aliphatic carbocycles. The van der Waals surface area contributed by atoms with E-state index in [2.05, 4.69) is 22.3 Å². The fourth-order valence-electron chi connectivity index (χ4n) is 2.77. The quantitative estimate of drug-likeness (QED) is 0.894. The third kappa shape index (κ3) is 4.71. The largest absolute Gasteiger partial charge is 0.444 e. The van der Waals surface area contributed by atoms with E-state index in [-0.39, 0.29) is 6.09 Å². The lowest BCUT2D eigenvalue weighted by atomic mass is 9.99. The Kier molecular flexibility index (Phi) is 5.08. The van der Waals surface area contributed by atoms with Crippen LogP contribution in [0.5, 0.6) is 0 Å². The number of alkyl carbamates (subject to hydrolysis) is 1. The molecule has 22 heavy (non-hydrogen) atoms. The third-order valence-electron chi connectivity index (χ3n) is 3.84. The molecule has 3 N–H and O–H groups in total. The summed E-state index contributed by atoms with van der Waals surface area (Å²) in [4.78, 5) is 14.4. The van der Waals surface area contributed by atoms with Crippen LogP contribution in [0, 0.1) is 0 Å². The maximum absolute atomic E-state index is 12.0. The van der Waals surface area contributed by atoms with Gasteiger partial charge in [-0.1, -0.05) is 30.3 Å². The smallest absolute Gasteiger partial charge is 0.408 e. The normalized spacial score (nSPS) is 22.5. The summed E-state index contributed by atoms with van der Waals surface area (Å²) in [7, 11) is 0. The van der Waals surface area contributed by atoms with Crippen molar-refractivity contribution in [1.29, 1.82) is 0 Å². The Labute approximate surface area is 132 Å². The number of hydrogen-bond donors (Lipinski definition) is 2. The Morgan fingerprint density at radius 1 is 1.36 bits per heavy atom. The van der Waals surface area contributed by atoms with Crippen LogP contribution in [0.25, 0.3) is 0 Å². The van der Waals surface area contributed by atoms with Crippen molar-refractivity contribution in [3.8, 4) is 0 Å². The molecule has 0 unspecified atom stereocenters. The number of benzene rings is 1. The molecule has 1 amide bonds. The molecule has 1 aromatic carbocycles. The molecule has 0 bridgehead atoms. The SMILES string of the molecule is CC(C)(C)OC(=O)N[C@]1(CN)CCN(Cc2ccccc2)C1. The van der Waals surface area contributed by atoms with Crippen LogP contribution < -0.4 is 11.1 Å². The fraction of sp³-hybridized carbons (Fsp3) is 0.588. The second-order valence-electron chi connectivity index (χ2n) is 7.06. The summed E-state index contributed by atoms with van der Waals surface area (Å²) in [5.74, 6) is 0. The van der Waals surface area contributed by atoms with Crippen LogP contribution in [0.4, 0.5) is 4.79 Å². The monoisotopic (exact) mass is 305 g/mol. The van der Waals surface area contributed by atoms with Crippen molar-refractivity contribution in [1.82, 2.24) is 10.2 Å². The number of nitrogens with one attached hydrogen (secondary N) is 1. The van der Waals surface area contributed by atoms with Crippen molar-refractivity contribution in [3.63, 3.8) is 0 Å². The number of rotatable bonds is 4. The minimum atomic E-state index is -0.498. The maximum Gasteiger partial charge on any atom is 0.408 e. The molecule has 2 rings (SSSR count). The van der Waals surface area contributed by atoms with Crippen LogP contribution in [0.1, 0.15) is 32.8 Å². The zero-order valence-corrected chi connectivity index (χ0v) is 13.8. The van der Waals surface area contributed by atoms with Gasteiger partial charge >= 0.3 is 6.09 Å². The van der Waals surface area contributed by atoms with Crippen LogP contribution in [0.2, 0.25) is 0 Å². The summed E-state index contributed by atoms with van der Waals surface area (Å²) >= 11 is 0. The van der Waals surface area contributed by atoms with E-state index in [9.17, 15) is 4.79 Å². The van der Waals surface area contributed by atoms with Gasteiger partial charge in [-0.3, -0.25) is 4.90 Å². The lowest BCUT2D eigenvalue weighted by Crippen LogP contribution is -2.56. The number of carbonyl (C=O) groups is 1. The van der Waals surface area contributed by atoms with Gasteiger partial charge in [0.25, 0.3) is 0 Å². The van der Waals surface area contributed by atoms with Crippen molar-refractivity contribution in [2.24, 2.45) is 5.73 Å². The van der Waals surface area contributed by atoms with Crippen LogP contribution in [0.3, 0.4) is 0 Å². The molecular weight excluding hydrogens is 278 g/mol. The van der Waals surface area contributed by atoms with E-state index in [0.29, 0.717) is 6.54 Å². The molecular formula is C17H27N3O2. The number of carbonyl (C=O) groups excluding carboxylic acids is 1. The van der Waals surface area contributed by atoms with Gasteiger partial charge < -0.3 is 15.8 Å². The van der Waals surface area contributed by atoms with Gasteiger partial charge in [0.05, 0.1) is 5.54 Å². The first-order chi connectivity index (χ1) is 10.3. The Balaban J connectivity index is 1.93. The Bertz CT molecular complexity index is 498. The second-order valence-corrected chi connectivity index (χ2v) is 7.06. The van der Waals surface area contributed by atoms with Crippen LogP contribution in [-0.4, -0.2) is 41.8 Å². The minimum Gasteiger partial charge on any atom is -0.444 e. The van der Waals surface area contributed by atoms with E-state index in [0.717, 1.165) is 26.1 Å². The molecule has 0 spiro atoms. The van der Waals surface area contributed by atoms with E-state index < -0.39 is 11.1 Å². The highest BCUT2D eigenvalue weighted by Crippen LogP contribution is 2.23. The first kappa shape index (κ1) is 16.8. The highest BCUT2D eigenvalue weighted by molar-refractivity contribution is 5.69. The number of nitrogens with two attached hydrogens (primary N) is 1. The number of hydrogen-bond acceptors (Lipinski definition) is 4. The molecule has 1 fully saturated rings. The van der Waals surface area contributed by atoms with Crippen molar-refractivity contribution in [2.75, 3.05) is 19.6 Å². The van der Waals surface area contributed by atoms with E-state index in [1.807, 2.05) is 39.0 Å². The van der Waals surface area contributed by atoms with Gasteiger partial charge in [-0.2, -0.15) is 0 Å². The van der Waals surface area contributed by atoms with Gasteiger partial charge in [0, 0.05) is 26.2 Å². The lowest BCUT2D eigenvalue weighted by Gasteiger charge is -2.31. The molecule has 0 aromatic heterocycles. The maximum atomic E-state index is 12.0. The number of nitrogens with zero attached hydrogens (tertiary/aromatic N) is 1. The predicted octanol–water partition coefficient (Wildman–Crippen LogP) is 2.11. The average Bonchev–Trinajstić information content (AvgIpc) is 2.81. The van der Waals surface area contributed by atoms with Gasteiger partial charge in [-0.25, -0.2) is 4.79 Å². The fourth-order valence-corrected chi connectivity index (χ4v) is 2.77. The minimum absolute atomic E-state index is 0.389. The zero-order chi connectivity index (χ0) is 16.2. The molecule has 5 nitrogen and oxygen atoms in total. The standard InChI is InChI=1S/C17H27N3O2/c1-16(2,3)22-15(21)19-17(12-18)9-10-20(13-17)11-14-7-5-4-6-8-14/h4-8H,9-13,18H2,1-3H3,(H,19,21)/t17-/m0/s1.